The van der Waals surface area contributed by atoms with Crippen LogP contribution in [-0.4, -0.2) is 56.1 Å². The van der Waals surface area contributed by atoms with Gasteiger partial charge in [0.25, 0.3) is 0 Å². The van der Waals surface area contributed by atoms with E-state index < -0.39 is 29.7 Å². The maximum Gasteiger partial charge on any atom is 0.412 e. The van der Waals surface area contributed by atoms with Crippen LogP contribution in [0.25, 0.3) is 31.8 Å². The Morgan fingerprint density at radius 2 is 1.88 bits per heavy atom. The summed E-state index contributed by atoms with van der Waals surface area (Å²) in [6.45, 7) is 6.71. The third-order valence-electron chi connectivity index (χ3n) is 6.42. The number of methoxy groups -OCH3 is 1. The number of nitrogens with zero attached hydrogens (tertiary/aromatic N) is 4. The molecule has 0 spiro atoms. The van der Waals surface area contributed by atoms with Gasteiger partial charge in [0.15, 0.2) is 11.6 Å². The second-order valence-electron chi connectivity index (χ2n) is 10.6. The van der Waals surface area contributed by atoms with Crippen LogP contribution < -0.4 is 14.8 Å². The molecule has 3 aromatic heterocycles. The number of carbonyl (C=O) groups excluding carboxylic acids is 1. The van der Waals surface area contributed by atoms with Crippen molar-refractivity contribution in [2.45, 2.75) is 51.9 Å². The number of carbonyl (C=O) groups is 1. The normalized spacial score (nSPS) is 13.1. The van der Waals surface area contributed by atoms with Crippen molar-refractivity contribution in [3.05, 3.63) is 65.3 Å². The van der Waals surface area contributed by atoms with Crippen molar-refractivity contribution in [2.24, 2.45) is 0 Å². The lowest BCUT2D eigenvalue weighted by atomic mass is 10.0. The summed E-state index contributed by atoms with van der Waals surface area (Å²) in [5.41, 5.74) is 2.45. The fraction of sp³-hybridized carbons (Fsp3) is 0.300. The number of nitrogens with one attached hydrogen (secondary N) is 1. The number of hydrogen-bond acceptors (Lipinski definition) is 10. The number of hydrogen-bond donors (Lipinski definition) is 2. The quantitative estimate of drug-likeness (QED) is 0.181. The lowest BCUT2D eigenvalue weighted by molar-refractivity contribution is 0.0402. The summed E-state index contributed by atoms with van der Waals surface area (Å²) in [7, 11) is 1.50. The van der Waals surface area contributed by atoms with Gasteiger partial charge in [-0.3, -0.25) is 10.3 Å². The van der Waals surface area contributed by atoms with Crippen LogP contribution in [0.15, 0.2) is 48.8 Å². The van der Waals surface area contributed by atoms with Crippen molar-refractivity contribution in [1.82, 2.24) is 19.9 Å². The van der Waals surface area contributed by atoms with E-state index in [2.05, 4.69) is 25.3 Å². The Bertz CT molecular complexity index is 1790. The number of fused-ring (bicyclic) bond motifs is 2. The molecule has 5 aromatic rings. The molecule has 13 heteroatoms. The Labute approximate surface area is 255 Å². The number of aliphatic hydroxyl groups is 1. The predicted octanol–water partition coefficient (Wildman–Crippen LogP) is 6.82. The highest BCUT2D eigenvalue weighted by molar-refractivity contribution is 7.21. The molecule has 5 rings (SSSR count). The molecule has 43 heavy (non-hydrogen) atoms. The molecule has 0 radical (unpaired) electrons. The molecule has 0 bridgehead atoms. The fourth-order valence-electron chi connectivity index (χ4n) is 4.22. The molecule has 0 aliphatic rings. The van der Waals surface area contributed by atoms with Gasteiger partial charge >= 0.3 is 6.09 Å². The van der Waals surface area contributed by atoms with Crippen LogP contribution in [0, 0.1) is 5.82 Å². The van der Waals surface area contributed by atoms with Crippen LogP contribution in [0.2, 0.25) is 5.02 Å². The van der Waals surface area contributed by atoms with E-state index in [0.29, 0.717) is 60.5 Å². The van der Waals surface area contributed by atoms with E-state index in [9.17, 15) is 9.90 Å². The Hall–Kier alpha value is -4.13. The molecule has 0 fully saturated rings. The van der Waals surface area contributed by atoms with Crippen molar-refractivity contribution >= 4 is 56.0 Å². The molecule has 1 amide bonds. The molecule has 2 aromatic carbocycles. The van der Waals surface area contributed by atoms with Gasteiger partial charge in [-0.1, -0.05) is 11.6 Å². The highest BCUT2D eigenvalue weighted by Gasteiger charge is 2.22. The Kier molecular flexibility index (Phi) is 8.63. The Balaban J connectivity index is 1.28. The van der Waals surface area contributed by atoms with E-state index in [-0.39, 0.29) is 5.75 Å². The number of halogens is 2. The van der Waals surface area contributed by atoms with E-state index in [1.807, 2.05) is 0 Å². The van der Waals surface area contributed by atoms with Crippen LogP contribution in [0.1, 0.15) is 33.4 Å². The summed E-state index contributed by atoms with van der Waals surface area (Å²) < 4.78 is 32.2. The van der Waals surface area contributed by atoms with Crippen molar-refractivity contribution in [2.75, 3.05) is 12.4 Å². The van der Waals surface area contributed by atoms with Crippen LogP contribution in [0.4, 0.5) is 14.9 Å². The van der Waals surface area contributed by atoms with E-state index >= 15 is 4.39 Å². The summed E-state index contributed by atoms with van der Waals surface area (Å²) in [4.78, 5) is 30.2. The standard InChI is InChI=1S/C30H29ClFN5O5S/c1-15(16(2)42-29(38)35-19-7-6-18(33-13-19)12-30(3,4)39)41-24-11-25-22(10-21(24)32)37-28(43-25)20-8-17(31)9-23-27(20)34-14-26(36-23)40-5/h6-11,13-16,39H,12H2,1-5H3,(H,35,38)/t15-,16+/m0/s1. The van der Waals surface area contributed by atoms with Crippen LogP contribution in [0.5, 0.6) is 11.6 Å². The van der Waals surface area contributed by atoms with Gasteiger partial charge in [0, 0.05) is 34.8 Å². The summed E-state index contributed by atoms with van der Waals surface area (Å²) >= 11 is 7.68. The molecule has 224 valence electrons. The molecule has 0 saturated carbocycles. The maximum absolute atomic E-state index is 15.1. The minimum absolute atomic E-state index is 0.00173. The minimum Gasteiger partial charge on any atom is -0.484 e. The number of pyridine rings is 1. The van der Waals surface area contributed by atoms with Crippen molar-refractivity contribution in [1.29, 1.82) is 0 Å². The first-order valence-electron chi connectivity index (χ1n) is 13.3. The van der Waals surface area contributed by atoms with Crippen molar-refractivity contribution in [3.63, 3.8) is 0 Å². The first kappa shape index (κ1) is 30.3. The van der Waals surface area contributed by atoms with Crippen LogP contribution in [0.3, 0.4) is 0 Å². The average Bonchev–Trinajstić information content (AvgIpc) is 3.35. The SMILES string of the molecule is COc1cnc2c(-c3nc4cc(F)c(O[C@@H](C)[C@@H](C)OC(=O)Nc5ccc(CC(C)(C)O)nc5)cc4s3)cc(Cl)cc2n1. The molecule has 2 atom stereocenters. The summed E-state index contributed by atoms with van der Waals surface area (Å²) in [6.07, 6.45) is 1.25. The van der Waals surface area contributed by atoms with Gasteiger partial charge in [-0.15, -0.1) is 11.3 Å². The molecule has 0 aliphatic carbocycles. The van der Waals surface area contributed by atoms with Crippen LogP contribution in [-0.2, 0) is 11.2 Å². The van der Waals surface area contributed by atoms with Gasteiger partial charge in [0.2, 0.25) is 5.88 Å². The third-order valence-corrected chi connectivity index (χ3v) is 7.69. The van der Waals surface area contributed by atoms with E-state index in [4.69, 9.17) is 25.8 Å². The predicted molar refractivity (Wildman–Crippen MR) is 164 cm³/mol. The number of rotatable bonds is 9. The summed E-state index contributed by atoms with van der Waals surface area (Å²) in [6, 6.07) is 9.67. The minimum atomic E-state index is -0.895. The molecule has 0 unspecified atom stereocenters. The topological polar surface area (TPSA) is 129 Å². The number of benzene rings is 2. The van der Waals surface area contributed by atoms with E-state index in [0.717, 1.165) is 0 Å². The fourth-order valence-corrected chi connectivity index (χ4v) is 5.43. The largest absolute Gasteiger partial charge is 0.484 e. The number of anilines is 1. The van der Waals surface area contributed by atoms with Gasteiger partial charge < -0.3 is 19.3 Å². The average molecular weight is 626 g/mol. The van der Waals surface area contributed by atoms with Gasteiger partial charge in [-0.05, 0) is 52.0 Å². The molecule has 0 saturated heterocycles. The number of amides is 1. The maximum atomic E-state index is 15.1. The first-order valence-corrected chi connectivity index (χ1v) is 14.5. The molecule has 3 heterocycles. The van der Waals surface area contributed by atoms with E-state index in [1.54, 1.807) is 58.0 Å². The third kappa shape index (κ3) is 7.27. The molecular formula is C30H29ClFN5O5S. The van der Waals surface area contributed by atoms with Gasteiger partial charge in [-0.25, -0.2) is 24.1 Å². The summed E-state index contributed by atoms with van der Waals surface area (Å²) in [5, 5.41) is 13.6. The van der Waals surface area contributed by atoms with Crippen LogP contribution >= 0.6 is 22.9 Å². The molecule has 0 aliphatic heterocycles. The van der Waals surface area contributed by atoms with Gasteiger partial charge in [0.1, 0.15) is 17.2 Å². The first-order chi connectivity index (χ1) is 20.4. The zero-order chi connectivity index (χ0) is 30.9. The Morgan fingerprint density at radius 3 is 2.58 bits per heavy atom. The molecule has 2 N–H and O–H groups in total. The number of aromatic nitrogens is 4. The lowest BCUT2D eigenvalue weighted by Gasteiger charge is -2.22. The smallest absolute Gasteiger partial charge is 0.412 e. The zero-order valence-corrected chi connectivity index (χ0v) is 25.6. The zero-order valence-electron chi connectivity index (χ0n) is 24.0. The second-order valence-corrected chi connectivity index (χ2v) is 12.1. The molecule has 10 nitrogen and oxygen atoms in total. The van der Waals surface area contributed by atoms with Crippen molar-refractivity contribution in [3.8, 4) is 22.2 Å². The number of ether oxygens (including phenoxy) is 3. The monoisotopic (exact) mass is 625 g/mol. The van der Waals surface area contributed by atoms with Crippen molar-refractivity contribution < 1.29 is 28.5 Å². The lowest BCUT2D eigenvalue weighted by Crippen LogP contribution is -2.32. The van der Waals surface area contributed by atoms with E-state index in [1.165, 1.54) is 36.9 Å². The highest BCUT2D eigenvalue weighted by atomic mass is 35.5. The number of thiazole rings is 1. The highest BCUT2D eigenvalue weighted by Crippen LogP contribution is 2.38. The molecular weight excluding hydrogens is 597 g/mol. The van der Waals surface area contributed by atoms with Gasteiger partial charge in [-0.2, -0.15) is 0 Å². The second kappa shape index (κ2) is 12.2. The van der Waals surface area contributed by atoms with Gasteiger partial charge in [0.05, 0.1) is 52.0 Å². The Morgan fingerprint density at radius 1 is 1.09 bits per heavy atom. The summed E-state index contributed by atoms with van der Waals surface area (Å²) in [5.74, 6) is -0.253.